The van der Waals surface area contributed by atoms with Gasteiger partial charge in [-0.1, -0.05) is 6.07 Å². The predicted molar refractivity (Wildman–Crippen MR) is 72.6 cm³/mol. The highest BCUT2D eigenvalue weighted by molar-refractivity contribution is 6.04. The van der Waals surface area contributed by atoms with Crippen LogP contribution in [0.3, 0.4) is 0 Å². The molecule has 19 heavy (non-hydrogen) atoms. The molecule has 5 nitrogen and oxygen atoms in total. The smallest absolute Gasteiger partial charge is 0.253 e. The molecule has 0 radical (unpaired) electrons. The summed E-state index contributed by atoms with van der Waals surface area (Å²) >= 11 is 0. The van der Waals surface area contributed by atoms with Gasteiger partial charge in [0.05, 0.1) is 11.1 Å². The molecule has 1 aromatic carbocycles. The summed E-state index contributed by atoms with van der Waals surface area (Å²) in [5.74, 6) is 0.420. The van der Waals surface area contributed by atoms with Crippen LogP contribution in [0.15, 0.2) is 30.6 Å². The van der Waals surface area contributed by atoms with Crippen molar-refractivity contribution in [1.29, 1.82) is 0 Å². The number of hydrogen-bond donors (Lipinski definition) is 2. The molecule has 1 fully saturated rings. The first-order valence-electron chi connectivity index (χ1n) is 6.50. The Kier molecular flexibility index (Phi) is 3.13. The minimum atomic E-state index is -0.117. The Morgan fingerprint density at radius 3 is 2.89 bits per heavy atom. The molecule has 1 aliphatic rings. The van der Waals surface area contributed by atoms with Crippen molar-refractivity contribution in [2.45, 2.75) is 18.9 Å². The highest BCUT2D eigenvalue weighted by atomic mass is 16.1. The average Bonchev–Trinajstić information content (AvgIpc) is 3.28. The largest absolute Gasteiger partial charge is 0.348 e. The van der Waals surface area contributed by atoms with Crippen LogP contribution in [0.1, 0.15) is 23.2 Å². The van der Waals surface area contributed by atoms with Gasteiger partial charge in [-0.05, 0) is 30.9 Å². The van der Waals surface area contributed by atoms with Crippen LogP contribution < -0.4 is 11.1 Å². The van der Waals surface area contributed by atoms with Crippen LogP contribution in [-0.2, 0) is 0 Å². The summed E-state index contributed by atoms with van der Waals surface area (Å²) < 4.78 is 0. The second kappa shape index (κ2) is 4.93. The van der Waals surface area contributed by atoms with Gasteiger partial charge in [0.2, 0.25) is 0 Å². The van der Waals surface area contributed by atoms with E-state index in [1.54, 1.807) is 18.5 Å². The summed E-state index contributed by atoms with van der Waals surface area (Å²) in [5, 5.41) is 3.01. The third-order valence-electron chi connectivity index (χ3n) is 3.50. The molecule has 98 valence electrons. The maximum Gasteiger partial charge on any atom is 0.253 e. The van der Waals surface area contributed by atoms with E-state index < -0.39 is 0 Å². The second-order valence-electron chi connectivity index (χ2n) is 4.88. The highest BCUT2D eigenvalue weighted by Crippen LogP contribution is 2.32. The number of nitrogens with one attached hydrogen (secondary N) is 1. The van der Waals surface area contributed by atoms with Crippen molar-refractivity contribution in [2.24, 2.45) is 11.7 Å². The van der Waals surface area contributed by atoms with Gasteiger partial charge in [0, 0.05) is 25.0 Å². The normalized spacial score (nSPS) is 16.3. The van der Waals surface area contributed by atoms with Crippen LogP contribution in [0.5, 0.6) is 0 Å². The molecule has 0 aliphatic heterocycles. The van der Waals surface area contributed by atoms with Crippen LogP contribution >= 0.6 is 0 Å². The molecule has 5 heteroatoms. The lowest BCUT2D eigenvalue weighted by molar-refractivity contribution is 0.0935. The van der Waals surface area contributed by atoms with E-state index in [1.807, 2.05) is 12.1 Å². The summed E-state index contributed by atoms with van der Waals surface area (Å²) in [6, 6.07) is 5.51. The number of aromatic nitrogens is 2. The number of para-hydroxylation sites is 1. The molecule has 1 unspecified atom stereocenters. The second-order valence-corrected chi connectivity index (χ2v) is 4.88. The first-order chi connectivity index (χ1) is 9.29. The zero-order valence-electron chi connectivity index (χ0n) is 10.5. The molecule has 1 amide bonds. The maximum atomic E-state index is 12.3. The van der Waals surface area contributed by atoms with E-state index >= 15 is 0 Å². The number of carbonyl (C=O) groups excluding carboxylic acids is 1. The lowest BCUT2D eigenvalue weighted by atomic mass is 10.1. The number of hydrogen-bond acceptors (Lipinski definition) is 4. The number of benzene rings is 1. The average molecular weight is 256 g/mol. The molecule has 1 aliphatic carbocycles. The van der Waals surface area contributed by atoms with Gasteiger partial charge >= 0.3 is 0 Å². The number of rotatable bonds is 4. The van der Waals surface area contributed by atoms with Crippen LogP contribution in [0.4, 0.5) is 0 Å². The summed E-state index contributed by atoms with van der Waals surface area (Å²) in [7, 11) is 0. The molecule has 0 saturated heterocycles. The minimum Gasteiger partial charge on any atom is -0.348 e. The molecule has 1 heterocycles. The Bertz CT molecular complexity index is 604. The fourth-order valence-electron chi connectivity index (χ4n) is 2.29. The summed E-state index contributed by atoms with van der Waals surface area (Å²) in [5.41, 5.74) is 7.63. The predicted octanol–water partition coefficient (Wildman–Crippen LogP) is 1.10. The first-order valence-corrected chi connectivity index (χ1v) is 6.50. The molecule has 2 aromatic rings. The van der Waals surface area contributed by atoms with Gasteiger partial charge in [0.15, 0.2) is 0 Å². The third kappa shape index (κ3) is 2.42. The van der Waals surface area contributed by atoms with Gasteiger partial charge in [-0.2, -0.15) is 0 Å². The van der Waals surface area contributed by atoms with Crippen LogP contribution in [0.2, 0.25) is 0 Å². The molecule has 1 aromatic heterocycles. The molecule has 1 saturated carbocycles. The molecular formula is C14H16N4O. The first kappa shape index (κ1) is 12.0. The monoisotopic (exact) mass is 256 g/mol. The van der Waals surface area contributed by atoms with Crippen LogP contribution in [0, 0.1) is 5.92 Å². The van der Waals surface area contributed by atoms with Crippen molar-refractivity contribution in [2.75, 3.05) is 6.54 Å². The number of carbonyl (C=O) groups is 1. The van der Waals surface area contributed by atoms with Crippen molar-refractivity contribution in [1.82, 2.24) is 15.3 Å². The number of nitrogens with zero attached hydrogens (tertiary/aromatic N) is 2. The summed E-state index contributed by atoms with van der Waals surface area (Å²) in [4.78, 5) is 20.8. The Balaban J connectivity index is 1.88. The molecule has 0 spiro atoms. The van der Waals surface area contributed by atoms with Crippen molar-refractivity contribution < 1.29 is 4.79 Å². The number of amides is 1. The molecule has 1 atom stereocenters. The highest BCUT2D eigenvalue weighted by Gasteiger charge is 2.31. The maximum absolute atomic E-state index is 12.3. The van der Waals surface area contributed by atoms with Crippen molar-refractivity contribution in [3.05, 3.63) is 36.2 Å². The summed E-state index contributed by atoms with van der Waals surface area (Å²) in [6.45, 7) is 0.479. The van der Waals surface area contributed by atoms with E-state index in [1.165, 1.54) is 0 Å². The lowest BCUT2D eigenvalue weighted by Gasteiger charge is -2.16. The standard InChI is InChI=1S/C14H16N4O/c15-8-12(9-4-5-9)18-14(19)10-2-1-3-11-13(10)17-7-6-16-11/h1-3,6-7,9,12H,4-5,8,15H2,(H,18,19). The van der Waals surface area contributed by atoms with Crippen molar-refractivity contribution in [3.8, 4) is 0 Å². The summed E-state index contributed by atoms with van der Waals surface area (Å²) in [6.07, 6.45) is 5.52. The molecular weight excluding hydrogens is 240 g/mol. The van der Waals surface area contributed by atoms with E-state index in [-0.39, 0.29) is 11.9 Å². The van der Waals surface area contributed by atoms with Gasteiger partial charge in [-0.25, -0.2) is 0 Å². The van der Waals surface area contributed by atoms with Crippen molar-refractivity contribution in [3.63, 3.8) is 0 Å². The van der Waals surface area contributed by atoms with Crippen LogP contribution in [-0.4, -0.2) is 28.5 Å². The fourth-order valence-corrected chi connectivity index (χ4v) is 2.29. The van der Waals surface area contributed by atoms with Gasteiger partial charge in [-0.15, -0.1) is 0 Å². The Labute approximate surface area is 111 Å². The lowest BCUT2D eigenvalue weighted by Crippen LogP contribution is -2.41. The Hall–Kier alpha value is -2.01. The zero-order chi connectivity index (χ0) is 13.2. The van der Waals surface area contributed by atoms with Crippen molar-refractivity contribution >= 4 is 16.9 Å². The Morgan fingerprint density at radius 1 is 1.37 bits per heavy atom. The molecule has 3 N–H and O–H groups in total. The van der Waals surface area contributed by atoms with Gasteiger partial charge in [0.25, 0.3) is 5.91 Å². The van der Waals surface area contributed by atoms with Gasteiger partial charge in [0.1, 0.15) is 5.52 Å². The zero-order valence-corrected chi connectivity index (χ0v) is 10.5. The third-order valence-corrected chi connectivity index (χ3v) is 3.50. The Morgan fingerprint density at radius 2 is 2.16 bits per heavy atom. The van der Waals surface area contributed by atoms with E-state index in [0.717, 1.165) is 18.4 Å². The quantitative estimate of drug-likeness (QED) is 0.858. The SMILES string of the molecule is NCC(NC(=O)c1cccc2nccnc12)C1CC1. The van der Waals surface area contributed by atoms with E-state index in [0.29, 0.717) is 23.5 Å². The van der Waals surface area contributed by atoms with Gasteiger partial charge < -0.3 is 11.1 Å². The molecule has 3 rings (SSSR count). The van der Waals surface area contributed by atoms with E-state index in [4.69, 9.17) is 5.73 Å². The van der Waals surface area contributed by atoms with E-state index in [9.17, 15) is 4.79 Å². The van der Waals surface area contributed by atoms with Crippen LogP contribution in [0.25, 0.3) is 11.0 Å². The number of fused-ring (bicyclic) bond motifs is 1. The minimum absolute atomic E-state index is 0.0689. The van der Waals surface area contributed by atoms with E-state index in [2.05, 4.69) is 15.3 Å². The van der Waals surface area contributed by atoms with Gasteiger partial charge in [-0.3, -0.25) is 14.8 Å². The fraction of sp³-hybridized carbons (Fsp3) is 0.357. The topological polar surface area (TPSA) is 80.9 Å². The molecule has 0 bridgehead atoms. The number of nitrogens with two attached hydrogens (primary N) is 1.